The minimum Gasteiger partial charge on any atom is -0.359 e. The van der Waals surface area contributed by atoms with Crippen molar-refractivity contribution in [2.75, 3.05) is 0 Å². The molecule has 2 aromatic rings. The van der Waals surface area contributed by atoms with Crippen molar-refractivity contribution in [3.05, 3.63) is 34.2 Å². The fraction of sp³-hybridized carbons (Fsp3) is 0.412. The van der Waals surface area contributed by atoms with Crippen LogP contribution in [0.25, 0.3) is 10.1 Å². The number of halogens is 1. The van der Waals surface area contributed by atoms with Gasteiger partial charge in [0.25, 0.3) is 5.91 Å². The number of nitrogens with one attached hydrogen (secondary N) is 2. The Kier molecular flexibility index (Phi) is 5.19. The summed E-state index contributed by atoms with van der Waals surface area (Å²) in [5.41, 5.74) is 0. The van der Waals surface area contributed by atoms with E-state index in [2.05, 4.69) is 17.6 Å². The summed E-state index contributed by atoms with van der Waals surface area (Å²) in [4.78, 5) is 13.0. The zero-order valence-electron chi connectivity index (χ0n) is 12.9. The molecular formula is C17H19ClN2OS2. The molecule has 1 fully saturated rings. The molecule has 0 saturated heterocycles. The quantitative estimate of drug-likeness (QED) is 0.754. The predicted octanol–water partition coefficient (Wildman–Crippen LogP) is 4.74. The Bertz CT molecular complexity index is 743. The molecule has 1 aromatic carbocycles. The van der Waals surface area contributed by atoms with E-state index in [-0.39, 0.29) is 5.91 Å². The van der Waals surface area contributed by atoms with E-state index in [9.17, 15) is 4.79 Å². The van der Waals surface area contributed by atoms with Crippen LogP contribution in [0.1, 0.15) is 42.3 Å². The van der Waals surface area contributed by atoms with Crippen molar-refractivity contribution in [1.29, 1.82) is 0 Å². The van der Waals surface area contributed by atoms with Gasteiger partial charge in [-0.15, -0.1) is 11.3 Å². The lowest BCUT2D eigenvalue weighted by Crippen LogP contribution is -2.47. The van der Waals surface area contributed by atoms with E-state index < -0.39 is 0 Å². The van der Waals surface area contributed by atoms with Crippen LogP contribution in [0.3, 0.4) is 0 Å². The van der Waals surface area contributed by atoms with Crippen LogP contribution in [0, 0.1) is 5.92 Å². The molecule has 1 aromatic heterocycles. The van der Waals surface area contributed by atoms with Crippen molar-refractivity contribution < 1.29 is 4.79 Å². The number of benzene rings is 1. The lowest BCUT2D eigenvalue weighted by molar-refractivity contribution is 0.0980. The Morgan fingerprint density at radius 2 is 2.04 bits per heavy atom. The van der Waals surface area contributed by atoms with Gasteiger partial charge >= 0.3 is 0 Å². The first-order valence-corrected chi connectivity index (χ1v) is 9.45. The van der Waals surface area contributed by atoms with Crippen LogP contribution >= 0.6 is 35.2 Å². The molecule has 1 aliphatic rings. The van der Waals surface area contributed by atoms with E-state index in [1.165, 1.54) is 30.6 Å². The van der Waals surface area contributed by atoms with Gasteiger partial charge in [-0.3, -0.25) is 10.1 Å². The number of carbonyl (C=O) groups excluding carboxylic acids is 1. The SMILES string of the molecule is C[C@@H]1CCCC[C@H]1NC(=S)NC(=O)c1sc2ccccc2c1Cl. The monoisotopic (exact) mass is 366 g/mol. The maximum Gasteiger partial charge on any atom is 0.269 e. The molecule has 1 amide bonds. The van der Waals surface area contributed by atoms with Crippen LogP contribution in [-0.2, 0) is 0 Å². The van der Waals surface area contributed by atoms with E-state index >= 15 is 0 Å². The summed E-state index contributed by atoms with van der Waals surface area (Å²) >= 11 is 13.0. The van der Waals surface area contributed by atoms with Gasteiger partial charge in [-0.2, -0.15) is 0 Å². The van der Waals surface area contributed by atoms with Gasteiger partial charge in [-0.05, 0) is 37.0 Å². The van der Waals surface area contributed by atoms with Crippen molar-refractivity contribution in [2.45, 2.75) is 38.6 Å². The Labute approximate surface area is 150 Å². The molecule has 3 rings (SSSR count). The first-order valence-electron chi connectivity index (χ1n) is 7.85. The lowest BCUT2D eigenvalue weighted by atomic mass is 9.86. The van der Waals surface area contributed by atoms with Crippen molar-refractivity contribution in [2.24, 2.45) is 5.92 Å². The van der Waals surface area contributed by atoms with Crippen molar-refractivity contribution in [3.8, 4) is 0 Å². The number of carbonyl (C=O) groups is 1. The minimum atomic E-state index is -0.239. The maximum atomic E-state index is 12.5. The molecule has 6 heteroatoms. The van der Waals surface area contributed by atoms with E-state index in [0.29, 0.717) is 27.0 Å². The smallest absolute Gasteiger partial charge is 0.269 e. The number of fused-ring (bicyclic) bond motifs is 1. The number of rotatable bonds is 2. The summed E-state index contributed by atoms with van der Waals surface area (Å²) in [6, 6.07) is 8.08. The average molecular weight is 367 g/mol. The molecule has 0 aliphatic heterocycles. The molecule has 1 aliphatic carbocycles. The Morgan fingerprint density at radius 3 is 2.78 bits per heavy atom. The van der Waals surface area contributed by atoms with Gasteiger partial charge in [-0.1, -0.05) is 49.6 Å². The second-order valence-electron chi connectivity index (χ2n) is 6.04. The van der Waals surface area contributed by atoms with E-state index in [1.807, 2.05) is 24.3 Å². The fourth-order valence-corrected chi connectivity index (χ4v) is 4.71. The molecule has 122 valence electrons. The Morgan fingerprint density at radius 1 is 1.30 bits per heavy atom. The number of thiophene rings is 1. The standard InChI is InChI=1S/C17H19ClN2OS2/c1-10-6-2-4-8-12(10)19-17(22)20-16(21)15-14(18)11-7-3-5-9-13(11)23-15/h3,5,7,9-10,12H,2,4,6,8H2,1H3,(H2,19,20,21,22)/t10-,12-/m1/s1. The predicted molar refractivity (Wildman–Crippen MR) is 101 cm³/mol. The summed E-state index contributed by atoms with van der Waals surface area (Å²) in [6.45, 7) is 2.23. The third-order valence-electron chi connectivity index (χ3n) is 4.40. The summed E-state index contributed by atoms with van der Waals surface area (Å²) < 4.78 is 1.00. The summed E-state index contributed by atoms with van der Waals surface area (Å²) in [7, 11) is 0. The zero-order chi connectivity index (χ0) is 16.4. The van der Waals surface area contributed by atoms with Gasteiger partial charge in [0.1, 0.15) is 4.88 Å². The van der Waals surface area contributed by atoms with Gasteiger partial charge in [0.2, 0.25) is 0 Å². The number of hydrogen-bond acceptors (Lipinski definition) is 3. The summed E-state index contributed by atoms with van der Waals surface area (Å²) in [5, 5.41) is 7.85. The first kappa shape index (κ1) is 16.7. The fourth-order valence-electron chi connectivity index (χ4n) is 3.06. The highest BCUT2D eigenvalue weighted by molar-refractivity contribution is 7.80. The first-order chi connectivity index (χ1) is 11.1. The summed E-state index contributed by atoms with van der Waals surface area (Å²) in [6.07, 6.45) is 4.79. The van der Waals surface area contributed by atoms with Crippen LogP contribution in [0.2, 0.25) is 5.02 Å². The van der Waals surface area contributed by atoms with Gasteiger partial charge in [-0.25, -0.2) is 0 Å². The molecule has 2 atom stereocenters. The van der Waals surface area contributed by atoms with Gasteiger partial charge in [0.15, 0.2) is 5.11 Å². The van der Waals surface area contributed by atoms with Gasteiger partial charge < -0.3 is 5.32 Å². The lowest BCUT2D eigenvalue weighted by Gasteiger charge is -2.30. The topological polar surface area (TPSA) is 41.1 Å². The third-order valence-corrected chi connectivity index (χ3v) is 6.29. The number of thiocarbonyl (C=S) groups is 1. The summed E-state index contributed by atoms with van der Waals surface area (Å²) in [5.74, 6) is 0.337. The molecule has 2 N–H and O–H groups in total. The highest BCUT2D eigenvalue weighted by Gasteiger charge is 2.23. The zero-order valence-corrected chi connectivity index (χ0v) is 15.3. The van der Waals surface area contributed by atoms with E-state index in [4.69, 9.17) is 23.8 Å². The van der Waals surface area contributed by atoms with E-state index in [0.717, 1.165) is 16.5 Å². The normalized spacial score (nSPS) is 21.1. The molecule has 1 heterocycles. The second-order valence-corrected chi connectivity index (χ2v) is 7.88. The van der Waals surface area contributed by atoms with E-state index in [1.54, 1.807) is 0 Å². The molecule has 0 spiro atoms. The molecule has 1 saturated carbocycles. The minimum absolute atomic E-state index is 0.239. The molecule has 0 radical (unpaired) electrons. The highest BCUT2D eigenvalue weighted by atomic mass is 35.5. The van der Waals surface area contributed by atoms with Crippen molar-refractivity contribution in [1.82, 2.24) is 10.6 Å². The second kappa shape index (κ2) is 7.16. The molecule has 0 unspecified atom stereocenters. The van der Waals surface area contributed by atoms with Crippen LogP contribution < -0.4 is 10.6 Å². The molecule has 23 heavy (non-hydrogen) atoms. The number of amides is 1. The molecule has 0 bridgehead atoms. The van der Waals surface area contributed by atoms with Crippen LogP contribution in [0.15, 0.2) is 24.3 Å². The molecule has 3 nitrogen and oxygen atoms in total. The van der Waals surface area contributed by atoms with Gasteiger partial charge in [0, 0.05) is 16.1 Å². The number of hydrogen-bond donors (Lipinski definition) is 2. The van der Waals surface area contributed by atoms with Crippen molar-refractivity contribution >= 4 is 56.3 Å². The van der Waals surface area contributed by atoms with Crippen molar-refractivity contribution in [3.63, 3.8) is 0 Å². The highest BCUT2D eigenvalue weighted by Crippen LogP contribution is 2.35. The van der Waals surface area contributed by atoms with Crippen LogP contribution in [0.4, 0.5) is 0 Å². The largest absolute Gasteiger partial charge is 0.359 e. The van der Waals surface area contributed by atoms with Crippen LogP contribution in [0.5, 0.6) is 0 Å². The average Bonchev–Trinajstić information content (AvgIpc) is 2.87. The van der Waals surface area contributed by atoms with Crippen LogP contribution in [-0.4, -0.2) is 17.1 Å². The maximum absolute atomic E-state index is 12.5. The Balaban J connectivity index is 1.68. The Hall–Kier alpha value is -1.17. The van der Waals surface area contributed by atoms with Gasteiger partial charge in [0.05, 0.1) is 5.02 Å². The third kappa shape index (κ3) is 3.67. The molecular weight excluding hydrogens is 348 g/mol.